The summed E-state index contributed by atoms with van der Waals surface area (Å²) in [5, 5.41) is 0.637. The van der Waals surface area contributed by atoms with E-state index in [-0.39, 0.29) is 11.8 Å². The van der Waals surface area contributed by atoms with Crippen molar-refractivity contribution in [3.05, 3.63) is 51.1 Å². The van der Waals surface area contributed by atoms with E-state index in [1.807, 2.05) is 17.0 Å². The van der Waals surface area contributed by atoms with Gasteiger partial charge in [-0.15, -0.1) is 0 Å². The van der Waals surface area contributed by atoms with E-state index in [1.54, 1.807) is 0 Å². The molecule has 29 heavy (non-hydrogen) atoms. The molecule has 1 saturated heterocycles. The molecule has 0 aliphatic carbocycles. The van der Waals surface area contributed by atoms with Crippen LogP contribution in [0.1, 0.15) is 16.7 Å². The Labute approximate surface area is 175 Å². The number of hydrogen-bond acceptors (Lipinski definition) is 5. The molecule has 2 aromatic rings. The van der Waals surface area contributed by atoms with E-state index in [2.05, 4.69) is 9.88 Å². The van der Waals surface area contributed by atoms with Gasteiger partial charge < -0.3 is 14.4 Å². The highest BCUT2D eigenvalue weighted by Gasteiger charge is 2.32. The Morgan fingerprint density at radius 1 is 1.07 bits per heavy atom. The number of hydrogen-bond donors (Lipinski definition) is 0. The van der Waals surface area contributed by atoms with Gasteiger partial charge in [-0.3, -0.25) is 4.90 Å². The van der Waals surface area contributed by atoms with Crippen LogP contribution in [0.2, 0.25) is 10.0 Å². The number of ether oxygens (including phenoxy) is 2. The van der Waals surface area contributed by atoms with Gasteiger partial charge in [0.25, 0.3) is 0 Å². The lowest BCUT2D eigenvalue weighted by atomic mass is 10.1. The molecule has 1 aromatic heterocycles. The van der Waals surface area contributed by atoms with Gasteiger partial charge in [0.15, 0.2) is 6.79 Å². The van der Waals surface area contributed by atoms with Gasteiger partial charge in [0.1, 0.15) is 11.6 Å². The summed E-state index contributed by atoms with van der Waals surface area (Å²) in [6.07, 6.45) is -3.64. The second-order valence-corrected chi connectivity index (χ2v) is 7.80. The Morgan fingerprint density at radius 2 is 1.83 bits per heavy atom. The third kappa shape index (κ3) is 4.55. The van der Waals surface area contributed by atoms with Crippen LogP contribution in [0.25, 0.3) is 0 Å². The number of alkyl halides is 3. The largest absolute Gasteiger partial charge is 0.467 e. The highest BCUT2D eigenvalue weighted by atomic mass is 35.5. The van der Waals surface area contributed by atoms with Gasteiger partial charge in [-0.2, -0.15) is 13.2 Å². The Hall–Kier alpha value is -1.74. The minimum atomic E-state index is -4.46. The number of benzene rings is 1. The van der Waals surface area contributed by atoms with Crippen LogP contribution in [0.15, 0.2) is 24.4 Å². The first-order valence-corrected chi connectivity index (χ1v) is 9.79. The van der Waals surface area contributed by atoms with E-state index in [0.29, 0.717) is 50.2 Å². The van der Waals surface area contributed by atoms with Gasteiger partial charge in [-0.1, -0.05) is 23.2 Å². The summed E-state index contributed by atoms with van der Waals surface area (Å²) in [5.74, 6) is 1.19. The van der Waals surface area contributed by atoms with Crippen molar-refractivity contribution < 1.29 is 22.6 Å². The molecular formula is C19H18Cl2F3N3O2. The average molecular weight is 448 g/mol. The normalized spacial score (nSPS) is 17.8. The summed E-state index contributed by atoms with van der Waals surface area (Å²) in [6, 6.07) is 4.66. The van der Waals surface area contributed by atoms with E-state index in [9.17, 15) is 13.2 Å². The van der Waals surface area contributed by atoms with E-state index in [0.717, 1.165) is 29.1 Å². The molecule has 156 valence electrons. The third-order valence-corrected chi connectivity index (χ3v) is 5.46. The predicted octanol–water partition coefficient (Wildman–Crippen LogP) is 4.60. The molecule has 0 bridgehead atoms. The second-order valence-electron chi connectivity index (χ2n) is 6.95. The van der Waals surface area contributed by atoms with Crippen molar-refractivity contribution in [2.24, 2.45) is 0 Å². The van der Waals surface area contributed by atoms with Gasteiger partial charge in [-0.05, 0) is 18.2 Å². The zero-order valence-electron chi connectivity index (χ0n) is 15.3. The van der Waals surface area contributed by atoms with Crippen LogP contribution in [0, 0.1) is 0 Å². The van der Waals surface area contributed by atoms with Crippen molar-refractivity contribution in [2.75, 3.05) is 37.9 Å². The molecule has 0 unspecified atom stereocenters. The molecule has 0 N–H and O–H groups in total. The first-order valence-electron chi connectivity index (χ1n) is 9.03. The number of pyridine rings is 1. The van der Waals surface area contributed by atoms with E-state index < -0.39 is 11.7 Å². The number of fused-ring (bicyclic) bond motifs is 1. The van der Waals surface area contributed by atoms with Crippen molar-refractivity contribution in [3.63, 3.8) is 0 Å². The van der Waals surface area contributed by atoms with Gasteiger partial charge in [-0.25, -0.2) is 4.98 Å². The van der Waals surface area contributed by atoms with Crippen LogP contribution in [0.4, 0.5) is 19.0 Å². The number of aromatic nitrogens is 1. The highest BCUT2D eigenvalue weighted by Crippen LogP contribution is 2.35. The van der Waals surface area contributed by atoms with Gasteiger partial charge >= 0.3 is 6.18 Å². The van der Waals surface area contributed by atoms with Crippen LogP contribution in [0.5, 0.6) is 5.75 Å². The molecule has 0 spiro atoms. The van der Waals surface area contributed by atoms with Crippen LogP contribution >= 0.6 is 23.2 Å². The highest BCUT2D eigenvalue weighted by molar-refractivity contribution is 6.33. The first-order chi connectivity index (χ1) is 13.8. The van der Waals surface area contributed by atoms with E-state index in [1.165, 1.54) is 0 Å². The molecule has 2 aliphatic rings. The Morgan fingerprint density at radius 3 is 2.52 bits per heavy atom. The number of rotatable bonds is 3. The summed E-state index contributed by atoms with van der Waals surface area (Å²) >= 11 is 12.3. The maximum absolute atomic E-state index is 12.8. The molecule has 5 nitrogen and oxygen atoms in total. The zero-order valence-corrected chi connectivity index (χ0v) is 16.8. The molecule has 10 heteroatoms. The smallest absolute Gasteiger partial charge is 0.417 e. The molecule has 1 aromatic carbocycles. The Kier molecular flexibility index (Phi) is 5.79. The third-order valence-electron chi connectivity index (χ3n) is 4.97. The molecule has 2 aliphatic heterocycles. The van der Waals surface area contributed by atoms with Crippen LogP contribution in [-0.2, 0) is 24.1 Å². The summed E-state index contributed by atoms with van der Waals surface area (Å²) in [4.78, 5) is 8.09. The molecule has 4 rings (SSSR count). The van der Waals surface area contributed by atoms with E-state index >= 15 is 0 Å². The number of anilines is 1. The summed E-state index contributed by atoms with van der Waals surface area (Å²) < 4.78 is 49.4. The van der Waals surface area contributed by atoms with Gasteiger partial charge in [0.05, 0.1) is 17.2 Å². The van der Waals surface area contributed by atoms with Crippen LogP contribution in [-0.4, -0.2) is 42.9 Å². The quantitative estimate of drug-likeness (QED) is 0.687. The molecule has 0 amide bonds. The van der Waals surface area contributed by atoms with Crippen LogP contribution in [0.3, 0.4) is 0 Å². The lowest BCUT2D eigenvalue weighted by Crippen LogP contribution is -2.46. The maximum Gasteiger partial charge on any atom is 0.417 e. The fourth-order valence-electron chi connectivity index (χ4n) is 3.55. The average Bonchev–Trinajstić information content (AvgIpc) is 2.68. The Bertz CT molecular complexity index is 903. The lowest BCUT2D eigenvalue weighted by molar-refractivity contribution is -0.137. The molecule has 0 atom stereocenters. The van der Waals surface area contributed by atoms with Crippen molar-refractivity contribution in [1.82, 2.24) is 9.88 Å². The van der Waals surface area contributed by atoms with E-state index in [4.69, 9.17) is 32.7 Å². The molecule has 0 saturated carbocycles. The van der Waals surface area contributed by atoms with Crippen LogP contribution < -0.4 is 9.64 Å². The molecule has 3 heterocycles. The monoisotopic (exact) mass is 447 g/mol. The lowest BCUT2D eigenvalue weighted by Gasteiger charge is -2.36. The number of nitrogens with zero attached hydrogens (tertiary/aromatic N) is 3. The summed E-state index contributed by atoms with van der Waals surface area (Å²) in [5.41, 5.74) is 1.08. The minimum Gasteiger partial charge on any atom is -0.467 e. The zero-order chi connectivity index (χ0) is 20.6. The summed E-state index contributed by atoms with van der Waals surface area (Å²) in [7, 11) is 0. The second kappa shape index (κ2) is 8.18. The Balaban J connectivity index is 1.42. The van der Waals surface area contributed by atoms with Gasteiger partial charge in [0, 0.05) is 55.1 Å². The topological polar surface area (TPSA) is 37.8 Å². The van der Waals surface area contributed by atoms with Crippen molar-refractivity contribution in [3.8, 4) is 5.75 Å². The van der Waals surface area contributed by atoms with Crippen molar-refractivity contribution in [1.29, 1.82) is 0 Å². The van der Waals surface area contributed by atoms with Crippen molar-refractivity contribution in [2.45, 2.75) is 19.3 Å². The van der Waals surface area contributed by atoms with Crippen molar-refractivity contribution >= 4 is 29.0 Å². The number of halogens is 5. The minimum absolute atomic E-state index is 0.00517. The fraction of sp³-hybridized carbons (Fsp3) is 0.421. The molecular weight excluding hydrogens is 430 g/mol. The first kappa shape index (κ1) is 20.5. The predicted molar refractivity (Wildman–Crippen MR) is 103 cm³/mol. The van der Waals surface area contributed by atoms with Gasteiger partial charge in [0.2, 0.25) is 0 Å². The maximum atomic E-state index is 12.8. The standard InChI is InChI=1S/C19H18Cl2F3N3O2/c20-15-5-12(17-13(6-15)10-28-11-29-17)9-26-1-3-27(4-2-26)18-16(21)7-14(8-25-18)19(22,23)24/h5-8H,1-4,9-11H2. The SMILES string of the molecule is FC(F)(F)c1cnc(N2CCN(Cc3cc(Cl)cc4c3OCOC4)CC2)c(Cl)c1. The summed E-state index contributed by atoms with van der Waals surface area (Å²) in [6.45, 7) is 3.95. The fourth-order valence-corrected chi connectivity index (χ4v) is 4.10. The molecule has 1 fully saturated rings. The molecule has 0 radical (unpaired) electrons. The number of piperazine rings is 1.